The van der Waals surface area contributed by atoms with Crippen LogP contribution in [-0.2, 0) is 5.41 Å². The zero-order valence-corrected chi connectivity index (χ0v) is 9.71. The number of hydrogen-bond acceptors (Lipinski definition) is 1. The van der Waals surface area contributed by atoms with Crippen LogP contribution in [0.15, 0.2) is 30.3 Å². The van der Waals surface area contributed by atoms with Crippen LogP contribution < -0.4 is 5.32 Å². The third-order valence-corrected chi connectivity index (χ3v) is 5.26. The van der Waals surface area contributed by atoms with Crippen molar-refractivity contribution in [2.24, 2.45) is 5.41 Å². The van der Waals surface area contributed by atoms with Crippen molar-refractivity contribution >= 4 is 0 Å². The topological polar surface area (TPSA) is 12.0 Å². The van der Waals surface area contributed by atoms with Crippen LogP contribution in [0.5, 0.6) is 0 Å². The minimum Gasteiger partial charge on any atom is -0.313 e. The summed E-state index contributed by atoms with van der Waals surface area (Å²) in [7, 11) is 0. The van der Waals surface area contributed by atoms with E-state index in [9.17, 15) is 0 Å². The summed E-state index contributed by atoms with van der Waals surface area (Å²) in [4.78, 5) is 0. The molecule has 1 saturated heterocycles. The predicted octanol–water partition coefficient (Wildman–Crippen LogP) is 2.86. The van der Waals surface area contributed by atoms with Crippen molar-refractivity contribution in [2.75, 3.05) is 6.54 Å². The molecule has 0 aromatic heterocycles. The summed E-state index contributed by atoms with van der Waals surface area (Å²) in [6.07, 6.45) is 7.15. The van der Waals surface area contributed by atoms with Gasteiger partial charge in [0.25, 0.3) is 0 Å². The molecular formula is C15H19N. The van der Waals surface area contributed by atoms with Gasteiger partial charge in [-0.15, -0.1) is 0 Å². The Kier molecular flexibility index (Phi) is 1.67. The highest BCUT2D eigenvalue weighted by Gasteiger charge is 2.70. The monoisotopic (exact) mass is 213 g/mol. The molecule has 84 valence electrons. The quantitative estimate of drug-likeness (QED) is 0.796. The highest BCUT2D eigenvalue weighted by molar-refractivity contribution is 5.39. The maximum Gasteiger partial charge on any atom is 0.0125 e. The van der Waals surface area contributed by atoms with E-state index in [1.807, 2.05) is 0 Å². The van der Waals surface area contributed by atoms with Gasteiger partial charge in [0.15, 0.2) is 0 Å². The van der Waals surface area contributed by atoms with Gasteiger partial charge in [0.1, 0.15) is 0 Å². The lowest BCUT2D eigenvalue weighted by atomic mass is 9.31. The fourth-order valence-electron chi connectivity index (χ4n) is 4.54. The summed E-state index contributed by atoms with van der Waals surface area (Å²) in [5.41, 5.74) is 2.88. The van der Waals surface area contributed by atoms with E-state index >= 15 is 0 Å². The highest BCUT2D eigenvalue weighted by Crippen LogP contribution is 2.75. The van der Waals surface area contributed by atoms with Gasteiger partial charge >= 0.3 is 0 Å². The van der Waals surface area contributed by atoms with Crippen LogP contribution in [0.3, 0.4) is 0 Å². The first-order valence-electron chi connectivity index (χ1n) is 6.62. The van der Waals surface area contributed by atoms with Crippen LogP contribution in [0.1, 0.15) is 37.7 Å². The molecule has 1 heterocycles. The van der Waals surface area contributed by atoms with Gasteiger partial charge in [0.05, 0.1) is 0 Å². The molecule has 1 aromatic carbocycles. The molecule has 1 aliphatic heterocycles. The number of benzene rings is 1. The second kappa shape index (κ2) is 2.89. The Labute approximate surface area is 97.2 Å². The third kappa shape index (κ3) is 1.00. The molecule has 1 aromatic rings. The minimum absolute atomic E-state index is 0.589. The van der Waals surface area contributed by atoms with Crippen LogP contribution in [0.4, 0.5) is 0 Å². The molecule has 16 heavy (non-hydrogen) atoms. The van der Waals surface area contributed by atoms with Crippen molar-refractivity contribution in [3.63, 3.8) is 0 Å². The first kappa shape index (κ1) is 9.23. The molecule has 0 unspecified atom stereocenters. The first-order valence-corrected chi connectivity index (χ1v) is 6.62. The molecule has 0 amide bonds. The van der Waals surface area contributed by atoms with Gasteiger partial charge in [-0.25, -0.2) is 0 Å². The highest BCUT2D eigenvalue weighted by atomic mass is 15.0. The van der Waals surface area contributed by atoms with Crippen molar-refractivity contribution in [1.29, 1.82) is 0 Å². The van der Waals surface area contributed by atoms with Gasteiger partial charge in [-0.3, -0.25) is 0 Å². The first-order chi connectivity index (χ1) is 7.83. The average Bonchev–Trinajstić information content (AvgIpc) is 2.69. The van der Waals surface area contributed by atoms with Crippen LogP contribution >= 0.6 is 0 Å². The normalized spacial score (nSPS) is 44.9. The fourth-order valence-corrected chi connectivity index (χ4v) is 4.54. The van der Waals surface area contributed by atoms with Crippen LogP contribution in [-0.4, -0.2) is 12.6 Å². The molecule has 4 aliphatic rings. The van der Waals surface area contributed by atoms with Gasteiger partial charge in [-0.05, 0) is 55.0 Å². The predicted molar refractivity (Wildman–Crippen MR) is 65.4 cm³/mol. The molecule has 2 bridgehead atoms. The van der Waals surface area contributed by atoms with E-state index in [4.69, 9.17) is 0 Å². The summed E-state index contributed by atoms with van der Waals surface area (Å²) in [5, 5.41) is 3.71. The summed E-state index contributed by atoms with van der Waals surface area (Å²) < 4.78 is 0. The molecule has 3 aliphatic carbocycles. The summed E-state index contributed by atoms with van der Waals surface area (Å²) in [5.74, 6) is 0. The van der Waals surface area contributed by atoms with Gasteiger partial charge < -0.3 is 5.32 Å². The number of hydrogen-bond donors (Lipinski definition) is 1. The molecule has 5 rings (SSSR count). The Hall–Kier alpha value is -0.820. The molecule has 0 radical (unpaired) electrons. The maximum atomic E-state index is 3.71. The summed E-state index contributed by atoms with van der Waals surface area (Å²) in [6, 6.07) is 12.0. The molecule has 1 N–H and O–H groups in total. The van der Waals surface area contributed by atoms with Gasteiger partial charge in [0.2, 0.25) is 0 Å². The van der Waals surface area contributed by atoms with Crippen LogP contribution in [0.25, 0.3) is 0 Å². The standard InChI is InChI=1S/C15H19N/c1-2-5-12(6-3-1)14-9-15(10-14,11-14)13-7-4-8-16-13/h1-3,5-6,13,16H,4,7-11H2/t13-,14?,15?/m0/s1. The van der Waals surface area contributed by atoms with Crippen molar-refractivity contribution < 1.29 is 0 Å². The Morgan fingerprint density at radius 3 is 2.44 bits per heavy atom. The van der Waals surface area contributed by atoms with E-state index in [0.29, 0.717) is 10.8 Å². The smallest absolute Gasteiger partial charge is 0.0125 e. The molecule has 1 heteroatoms. The molecule has 0 spiro atoms. The Morgan fingerprint density at radius 2 is 1.81 bits per heavy atom. The van der Waals surface area contributed by atoms with Crippen LogP contribution in [0.2, 0.25) is 0 Å². The van der Waals surface area contributed by atoms with E-state index in [1.165, 1.54) is 38.6 Å². The van der Waals surface area contributed by atoms with Gasteiger partial charge in [-0.1, -0.05) is 30.3 Å². The van der Waals surface area contributed by atoms with E-state index in [0.717, 1.165) is 6.04 Å². The van der Waals surface area contributed by atoms with E-state index < -0.39 is 0 Å². The molecule has 4 fully saturated rings. The third-order valence-electron chi connectivity index (χ3n) is 5.26. The lowest BCUT2D eigenvalue weighted by Crippen LogP contribution is -2.70. The molecule has 1 atom stereocenters. The lowest BCUT2D eigenvalue weighted by Gasteiger charge is -2.73. The zero-order chi connectivity index (χ0) is 10.6. The lowest BCUT2D eigenvalue weighted by molar-refractivity contribution is -0.161. The van der Waals surface area contributed by atoms with Crippen molar-refractivity contribution in [3.05, 3.63) is 35.9 Å². The van der Waals surface area contributed by atoms with E-state index in [1.54, 1.807) is 5.56 Å². The minimum atomic E-state index is 0.589. The number of rotatable bonds is 2. The number of nitrogens with one attached hydrogen (secondary N) is 1. The fraction of sp³-hybridized carbons (Fsp3) is 0.600. The Bertz CT molecular complexity index is 383. The average molecular weight is 213 g/mol. The van der Waals surface area contributed by atoms with E-state index in [-0.39, 0.29) is 0 Å². The molecule has 3 saturated carbocycles. The van der Waals surface area contributed by atoms with Crippen molar-refractivity contribution in [3.8, 4) is 0 Å². The second-order valence-corrected chi connectivity index (χ2v) is 6.19. The van der Waals surface area contributed by atoms with Gasteiger partial charge in [-0.2, -0.15) is 0 Å². The van der Waals surface area contributed by atoms with Crippen LogP contribution in [0, 0.1) is 5.41 Å². The van der Waals surface area contributed by atoms with Crippen molar-refractivity contribution in [1.82, 2.24) is 5.32 Å². The summed E-state index contributed by atoms with van der Waals surface area (Å²) >= 11 is 0. The van der Waals surface area contributed by atoms with Crippen molar-refractivity contribution in [2.45, 2.75) is 43.6 Å². The second-order valence-electron chi connectivity index (χ2n) is 6.19. The Balaban J connectivity index is 1.53. The Morgan fingerprint density at radius 1 is 1.06 bits per heavy atom. The van der Waals surface area contributed by atoms with Gasteiger partial charge in [0, 0.05) is 6.04 Å². The zero-order valence-electron chi connectivity index (χ0n) is 9.71. The van der Waals surface area contributed by atoms with E-state index in [2.05, 4.69) is 35.6 Å². The molecule has 1 nitrogen and oxygen atoms in total. The molecular weight excluding hydrogens is 194 g/mol. The largest absolute Gasteiger partial charge is 0.313 e. The summed E-state index contributed by atoms with van der Waals surface area (Å²) in [6.45, 7) is 1.25. The SMILES string of the molecule is c1ccc(C23CC([C@@H]4CCCN4)(C2)C3)cc1. The maximum absolute atomic E-state index is 3.71.